The summed E-state index contributed by atoms with van der Waals surface area (Å²) < 4.78 is 11.9. The molecule has 0 saturated carbocycles. The summed E-state index contributed by atoms with van der Waals surface area (Å²) in [6.45, 7) is 6.23. The largest absolute Gasteiger partial charge is 0.476 e. The van der Waals surface area contributed by atoms with E-state index in [-0.39, 0.29) is 12.5 Å². The summed E-state index contributed by atoms with van der Waals surface area (Å²) in [7, 11) is 0. The van der Waals surface area contributed by atoms with Gasteiger partial charge in [0.2, 0.25) is 0 Å². The maximum atomic E-state index is 12.8. The Morgan fingerprint density at radius 2 is 1.77 bits per heavy atom. The molecule has 1 saturated heterocycles. The number of nitrogens with zero attached hydrogens (tertiary/aromatic N) is 1. The average molecular weight is 490 g/mol. The first-order chi connectivity index (χ1) is 14.6. The van der Waals surface area contributed by atoms with Crippen LogP contribution < -0.4 is 4.74 Å². The molecule has 31 heavy (non-hydrogen) atoms. The van der Waals surface area contributed by atoms with Crippen molar-refractivity contribution < 1.29 is 24.2 Å². The number of carbonyl (C=O) groups excluding carboxylic acids is 2. The van der Waals surface area contributed by atoms with E-state index >= 15 is 0 Å². The Labute approximate surface area is 191 Å². The van der Waals surface area contributed by atoms with Crippen LogP contribution in [0.4, 0.5) is 0 Å². The minimum absolute atomic E-state index is 0.0391. The predicted molar refractivity (Wildman–Crippen MR) is 121 cm³/mol. The summed E-state index contributed by atoms with van der Waals surface area (Å²) in [5, 5.41) is 11.3. The SMILES string of the molecule is CCOC(=O)C(C)(C)Oc1cccc(C2(O)CCN(C(=O)c3ccc(Br)cc3)CC2)c1. The van der Waals surface area contributed by atoms with Crippen molar-refractivity contribution in [3.05, 3.63) is 64.1 Å². The second-order valence-electron chi connectivity index (χ2n) is 8.19. The van der Waals surface area contributed by atoms with Gasteiger partial charge in [0.15, 0.2) is 5.60 Å². The third-order valence-corrected chi connectivity index (χ3v) is 6.01. The van der Waals surface area contributed by atoms with Gasteiger partial charge < -0.3 is 19.5 Å². The zero-order valence-electron chi connectivity index (χ0n) is 18.1. The normalized spacial score (nSPS) is 16.0. The lowest BCUT2D eigenvalue weighted by molar-refractivity contribution is -0.158. The highest BCUT2D eigenvalue weighted by Crippen LogP contribution is 2.35. The van der Waals surface area contributed by atoms with Crippen molar-refractivity contribution >= 4 is 27.8 Å². The number of piperidine rings is 1. The molecule has 0 radical (unpaired) electrons. The molecule has 166 valence electrons. The molecule has 0 bridgehead atoms. The van der Waals surface area contributed by atoms with Crippen LogP contribution in [-0.2, 0) is 15.1 Å². The predicted octanol–water partition coefficient (Wildman–Crippen LogP) is 4.29. The van der Waals surface area contributed by atoms with Crippen LogP contribution in [0.1, 0.15) is 49.5 Å². The molecule has 1 fully saturated rings. The van der Waals surface area contributed by atoms with Crippen LogP contribution in [0, 0.1) is 0 Å². The molecule has 0 aromatic heterocycles. The molecule has 0 atom stereocenters. The number of hydrogen-bond acceptors (Lipinski definition) is 5. The van der Waals surface area contributed by atoms with Crippen molar-refractivity contribution in [1.29, 1.82) is 0 Å². The third-order valence-electron chi connectivity index (χ3n) is 5.48. The third kappa shape index (κ3) is 5.46. The molecule has 7 heteroatoms. The van der Waals surface area contributed by atoms with Crippen LogP contribution in [0.5, 0.6) is 5.75 Å². The van der Waals surface area contributed by atoms with Gasteiger partial charge >= 0.3 is 5.97 Å². The van der Waals surface area contributed by atoms with Crippen LogP contribution in [0.3, 0.4) is 0 Å². The van der Waals surface area contributed by atoms with Gasteiger partial charge in [0.25, 0.3) is 5.91 Å². The van der Waals surface area contributed by atoms with Crippen molar-refractivity contribution in [2.24, 2.45) is 0 Å². The Hall–Kier alpha value is -2.38. The quantitative estimate of drug-likeness (QED) is 0.612. The van der Waals surface area contributed by atoms with E-state index < -0.39 is 17.2 Å². The van der Waals surface area contributed by atoms with Gasteiger partial charge in [-0.1, -0.05) is 28.1 Å². The fourth-order valence-electron chi connectivity index (χ4n) is 3.63. The Balaban J connectivity index is 1.68. The van der Waals surface area contributed by atoms with Gasteiger partial charge in [-0.05, 0) is 75.6 Å². The average Bonchev–Trinajstić information content (AvgIpc) is 2.74. The van der Waals surface area contributed by atoms with E-state index in [2.05, 4.69) is 15.9 Å². The van der Waals surface area contributed by atoms with Gasteiger partial charge in [0.05, 0.1) is 12.2 Å². The number of aliphatic hydroxyl groups is 1. The van der Waals surface area contributed by atoms with E-state index in [1.807, 2.05) is 18.2 Å². The number of carbonyl (C=O) groups is 2. The number of esters is 1. The molecule has 1 N–H and O–H groups in total. The molecule has 0 unspecified atom stereocenters. The van der Waals surface area contributed by atoms with E-state index in [9.17, 15) is 14.7 Å². The molecule has 2 aromatic rings. The van der Waals surface area contributed by atoms with Crippen molar-refractivity contribution in [2.45, 2.75) is 44.8 Å². The highest BCUT2D eigenvalue weighted by Gasteiger charge is 2.37. The first-order valence-corrected chi connectivity index (χ1v) is 11.2. The van der Waals surface area contributed by atoms with Crippen LogP contribution in [0.25, 0.3) is 0 Å². The van der Waals surface area contributed by atoms with Crippen molar-refractivity contribution in [2.75, 3.05) is 19.7 Å². The number of hydrogen-bond donors (Lipinski definition) is 1. The molecule has 1 amide bonds. The lowest BCUT2D eigenvalue weighted by Crippen LogP contribution is -2.45. The summed E-state index contributed by atoms with van der Waals surface area (Å²) in [6.07, 6.45) is 0.833. The number of benzene rings is 2. The second-order valence-corrected chi connectivity index (χ2v) is 9.11. The Morgan fingerprint density at radius 3 is 2.39 bits per heavy atom. The Morgan fingerprint density at radius 1 is 1.13 bits per heavy atom. The van der Waals surface area contributed by atoms with E-state index in [0.717, 1.165) is 4.47 Å². The topological polar surface area (TPSA) is 76.1 Å². The fourth-order valence-corrected chi connectivity index (χ4v) is 3.90. The number of rotatable bonds is 6. The van der Waals surface area contributed by atoms with E-state index in [1.54, 1.807) is 56.0 Å². The number of amides is 1. The van der Waals surface area contributed by atoms with E-state index in [1.165, 1.54) is 0 Å². The summed E-state index contributed by atoms with van der Waals surface area (Å²) in [5.74, 6) is -0.000885. The molecule has 1 heterocycles. The first-order valence-electron chi connectivity index (χ1n) is 10.4. The zero-order chi connectivity index (χ0) is 22.6. The Kier molecular flexibility index (Phi) is 7.06. The maximum Gasteiger partial charge on any atom is 0.349 e. The van der Waals surface area contributed by atoms with Crippen LogP contribution >= 0.6 is 15.9 Å². The van der Waals surface area contributed by atoms with Gasteiger partial charge in [-0.15, -0.1) is 0 Å². The molecular formula is C24H28BrNO5. The van der Waals surface area contributed by atoms with Gasteiger partial charge in [0, 0.05) is 23.1 Å². The standard InChI is InChI=1S/C24H28BrNO5/c1-4-30-22(28)23(2,3)31-20-7-5-6-18(16-20)24(29)12-14-26(15-13-24)21(27)17-8-10-19(25)11-9-17/h5-11,16,29H,4,12-15H2,1-3H3. The summed E-state index contributed by atoms with van der Waals surface area (Å²) in [5.41, 5.74) is -0.868. The zero-order valence-corrected chi connectivity index (χ0v) is 19.6. The molecule has 1 aliphatic rings. The lowest BCUT2D eigenvalue weighted by atomic mass is 9.84. The molecule has 1 aliphatic heterocycles. The molecule has 6 nitrogen and oxygen atoms in total. The van der Waals surface area contributed by atoms with Gasteiger partial charge in [0.1, 0.15) is 5.75 Å². The number of ether oxygens (including phenoxy) is 2. The maximum absolute atomic E-state index is 12.8. The van der Waals surface area contributed by atoms with Crippen LogP contribution in [-0.4, -0.2) is 47.2 Å². The highest BCUT2D eigenvalue weighted by molar-refractivity contribution is 9.10. The molecule has 0 spiro atoms. The van der Waals surface area contributed by atoms with Gasteiger partial charge in [-0.3, -0.25) is 4.79 Å². The molecular weight excluding hydrogens is 462 g/mol. The molecule has 3 rings (SSSR count). The van der Waals surface area contributed by atoms with E-state index in [0.29, 0.717) is 42.8 Å². The summed E-state index contributed by atoms with van der Waals surface area (Å²) in [4.78, 5) is 26.6. The number of halogens is 1. The summed E-state index contributed by atoms with van der Waals surface area (Å²) >= 11 is 3.38. The van der Waals surface area contributed by atoms with Crippen LogP contribution in [0.15, 0.2) is 53.0 Å². The van der Waals surface area contributed by atoms with E-state index in [4.69, 9.17) is 9.47 Å². The van der Waals surface area contributed by atoms with Gasteiger partial charge in [-0.2, -0.15) is 0 Å². The number of likely N-dealkylation sites (tertiary alicyclic amines) is 1. The molecule has 2 aromatic carbocycles. The minimum atomic E-state index is -1.14. The highest BCUT2D eigenvalue weighted by atomic mass is 79.9. The summed E-state index contributed by atoms with van der Waals surface area (Å²) in [6, 6.07) is 14.4. The molecule has 0 aliphatic carbocycles. The second kappa shape index (κ2) is 9.40. The Bertz CT molecular complexity index is 933. The van der Waals surface area contributed by atoms with Crippen molar-refractivity contribution in [3.8, 4) is 5.75 Å². The van der Waals surface area contributed by atoms with Gasteiger partial charge in [-0.25, -0.2) is 4.79 Å². The van der Waals surface area contributed by atoms with Crippen molar-refractivity contribution in [3.63, 3.8) is 0 Å². The fraction of sp³-hybridized carbons (Fsp3) is 0.417. The monoisotopic (exact) mass is 489 g/mol. The van der Waals surface area contributed by atoms with Crippen LogP contribution in [0.2, 0.25) is 0 Å². The van der Waals surface area contributed by atoms with Crippen molar-refractivity contribution in [1.82, 2.24) is 4.90 Å². The smallest absolute Gasteiger partial charge is 0.349 e. The minimum Gasteiger partial charge on any atom is -0.476 e. The first kappa shape index (κ1) is 23.3. The lowest BCUT2D eigenvalue weighted by Gasteiger charge is -2.38.